The number of nitrogens with zero attached hydrogens (tertiary/aromatic N) is 4. The minimum atomic E-state index is -0.361. The van der Waals surface area contributed by atoms with Gasteiger partial charge in [-0.3, -0.25) is 9.59 Å². The number of carbonyl (C=O) groups excluding carboxylic acids is 2. The summed E-state index contributed by atoms with van der Waals surface area (Å²) < 4.78 is 2.15. The van der Waals surface area contributed by atoms with E-state index in [0.29, 0.717) is 17.9 Å². The Morgan fingerprint density at radius 3 is 2.73 bits per heavy atom. The minimum absolute atomic E-state index is 0.0438. The third kappa shape index (κ3) is 5.71. The molecule has 1 unspecified atom stereocenters. The van der Waals surface area contributed by atoms with Gasteiger partial charge in [0.1, 0.15) is 11.7 Å². The summed E-state index contributed by atoms with van der Waals surface area (Å²) in [4.78, 5) is 34.2. The number of allylic oxidation sites excluding steroid dienone is 1. The number of likely N-dealkylation sites (N-methyl/N-ethyl adjacent to an activating group) is 2. The van der Waals surface area contributed by atoms with Gasteiger partial charge in [-0.25, -0.2) is 4.98 Å². The van der Waals surface area contributed by atoms with E-state index in [2.05, 4.69) is 69.8 Å². The van der Waals surface area contributed by atoms with Gasteiger partial charge in [0.25, 0.3) is 0 Å². The van der Waals surface area contributed by atoms with Crippen LogP contribution in [0, 0.1) is 0 Å². The highest BCUT2D eigenvalue weighted by Crippen LogP contribution is 2.39. The van der Waals surface area contributed by atoms with Crippen LogP contribution < -0.4 is 15.1 Å². The van der Waals surface area contributed by atoms with Crippen molar-refractivity contribution >= 4 is 40.0 Å². The molecule has 3 heterocycles. The van der Waals surface area contributed by atoms with Gasteiger partial charge in [-0.2, -0.15) is 0 Å². The number of hydrogen-bond donors (Lipinski definition) is 1. The molecule has 214 valence electrons. The number of aryl methyl sites for hydroxylation is 1. The first kappa shape index (κ1) is 28.4. The fourth-order valence-electron chi connectivity index (χ4n) is 6.36. The summed E-state index contributed by atoms with van der Waals surface area (Å²) in [5.41, 5.74) is 6.29. The van der Waals surface area contributed by atoms with Crippen LogP contribution in [0.3, 0.4) is 0 Å². The van der Waals surface area contributed by atoms with Crippen molar-refractivity contribution < 1.29 is 9.59 Å². The zero-order chi connectivity index (χ0) is 28.9. The fourth-order valence-corrected chi connectivity index (χ4v) is 6.36. The number of fused-ring (bicyclic) bond motifs is 2. The molecule has 1 aliphatic heterocycles. The van der Waals surface area contributed by atoms with Crippen LogP contribution in [0.2, 0.25) is 0 Å². The molecule has 0 spiro atoms. The zero-order valence-electron chi connectivity index (χ0n) is 24.5. The lowest BCUT2D eigenvalue weighted by Crippen LogP contribution is -2.44. The minimum Gasteiger partial charge on any atom is -0.370 e. The highest BCUT2D eigenvalue weighted by atomic mass is 16.2. The van der Waals surface area contributed by atoms with Crippen LogP contribution in [-0.2, 0) is 11.2 Å². The molecule has 0 bridgehead atoms. The largest absolute Gasteiger partial charge is 0.370 e. The Balaban J connectivity index is 1.42. The van der Waals surface area contributed by atoms with Gasteiger partial charge in [0.05, 0.1) is 5.69 Å². The number of hydrogen-bond acceptors (Lipinski definition) is 5. The average molecular weight is 552 g/mol. The third-order valence-corrected chi connectivity index (χ3v) is 8.57. The molecule has 1 amide bonds. The number of nitrogens with one attached hydrogen (secondary N) is 1. The van der Waals surface area contributed by atoms with E-state index in [1.807, 2.05) is 36.4 Å². The number of aldehydes is 1. The second kappa shape index (κ2) is 12.6. The summed E-state index contributed by atoms with van der Waals surface area (Å²) in [6, 6.07) is 12.1. The van der Waals surface area contributed by atoms with Gasteiger partial charge in [0.2, 0.25) is 5.91 Å². The predicted octanol–water partition coefficient (Wildman–Crippen LogP) is 6.15. The van der Waals surface area contributed by atoms with E-state index in [-0.39, 0.29) is 11.9 Å². The molecule has 0 saturated carbocycles. The second-order valence-corrected chi connectivity index (χ2v) is 11.1. The fraction of sp³-hybridized carbons (Fsp3) is 0.382. The lowest BCUT2D eigenvalue weighted by Gasteiger charge is -2.34. The highest BCUT2D eigenvalue weighted by Gasteiger charge is 2.27. The first-order chi connectivity index (χ1) is 20.0. The molecule has 1 atom stereocenters. The van der Waals surface area contributed by atoms with E-state index >= 15 is 0 Å². The summed E-state index contributed by atoms with van der Waals surface area (Å²) in [6.07, 6.45) is 14.7. The topological polar surface area (TPSA) is 70.0 Å². The van der Waals surface area contributed by atoms with Crippen molar-refractivity contribution in [3.63, 3.8) is 0 Å². The Morgan fingerprint density at radius 1 is 1.22 bits per heavy atom. The Labute approximate surface area is 242 Å². The molecule has 4 aromatic rings. The van der Waals surface area contributed by atoms with E-state index in [9.17, 15) is 9.59 Å². The quantitative estimate of drug-likeness (QED) is 0.179. The summed E-state index contributed by atoms with van der Waals surface area (Å²) in [5.74, 6) is 0.342. The van der Waals surface area contributed by atoms with Gasteiger partial charge in [0, 0.05) is 68.5 Å². The molecule has 2 aromatic heterocycles. The number of anilines is 2. The van der Waals surface area contributed by atoms with Crippen molar-refractivity contribution in [3.05, 3.63) is 84.3 Å². The van der Waals surface area contributed by atoms with E-state index in [4.69, 9.17) is 0 Å². The van der Waals surface area contributed by atoms with Crippen molar-refractivity contribution in [3.8, 4) is 0 Å². The molecule has 0 aliphatic carbocycles. The van der Waals surface area contributed by atoms with E-state index < -0.39 is 0 Å². The maximum absolute atomic E-state index is 12.8. The van der Waals surface area contributed by atoms with Crippen molar-refractivity contribution in [2.24, 2.45) is 0 Å². The normalized spacial score (nSPS) is 14.8. The van der Waals surface area contributed by atoms with Gasteiger partial charge in [-0.05, 0) is 60.6 Å². The Morgan fingerprint density at radius 2 is 2.02 bits per heavy atom. The van der Waals surface area contributed by atoms with Crippen LogP contribution in [0.1, 0.15) is 66.4 Å². The molecule has 1 fully saturated rings. The summed E-state index contributed by atoms with van der Waals surface area (Å²) >= 11 is 0. The molecule has 0 radical (unpaired) electrons. The highest BCUT2D eigenvalue weighted by molar-refractivity contribution is 6.07. The maximum atomic E-state index is 12.8. The predicted molar refractivity (Wildman–Crippen MR) is 168 cm³/mol. The van der Waals surface area contributed by atoms with Crippen LogP contribution >= 0.6 is 0 Å². The number of aromatic nitrogens is 2. The van der Waals surface area contributed by atoms with Gasteiger partial charge in [-0.15, -0.1) is 6.58 Å². The number of piperidine rings is 1. The molecule has 1 N–H and O–H groups in total. The average Bonchev–Trinajstić information content (AvgIpc) is 3.44. The van der Waals surface area contributed by atoms with E-state index in [1.54, 1.807) is 7.05 Å². The Kier molecular flexibility index (Phi) is 8.72. The number of carbonyl (C=O) groups is 2. The molecule has 2 aromatic carbocycles. The lowest BCUT2D eigenvalue weighted by molar-refractivity contribution is -0.122. The smallest absolute Gasteiger partial charge is 0.242 e. The van der Waals surface area contributed by atoms with Crippen LogP contribution in [0.25, 0.3) is 16.4 Å². The molecule has 7 heteroatoms. The first-order valence-electron chi connectivity index (χ1n) is 14.8. The summed E-state index contributed by atoms with van der Waals surface area (Å²) in [5, 5.41) is 4.82. The number of rotatable bonds is 11. The molecule has 1 saturated heterocycles. The van der Waals surface area contributed by atoms with Crippen LogP contribution in [0.4, 0.5) is 11.4 Å². The number of benzene rings is 2. The molecule has 5 rings (SSSR count). The van der Waals surface area contributed by atoms with Crippen molar-refractivity contribution in [2.75, 3.05) is 37.0 Å². The summed E-state index contributed by atoms with van der Waals surface area (Å²) in [6.45, 7) is 7.94. The lowest BCUT2D eigenvalue weighted by atomic mass is 9.85. The van der Waals surface area contributed by atoms with E-state index in [1.165, 1.54) is 16.8 Å². The van der Waals surface area contributed by atoms with Crippen molar-refractivity contribution in [1.29, 1.82) is 0 Å². The Hall–Kier alpha value is -4.13. The molecule has 1 aliphatic rings. The molecular weight excluding hydrogens is 510 g/mol. The third-order valence-electron chi connectivity index (χ3n) is 8.57. The van der Waals surface area contributed by atoms with Crippen LogP contribution in [0.5, 0.6) is 0 Å². The summed E-state index contributed by atoms with van der Waals surface area (Å²) in [7, 11) is 3.61. The van der Waals surface area contributed by atoms with Gasteiger partial charge in [-0.1, -0.05) is 43.7 Å². The van der Waals surface area contributed by atoms with Crippen molar-refractivity contribution in [1.82, 2.24) is 14.7 Å². The monoisotopic (exact) mass is 551 g/mol. The van der Waals surface area contributed by atoms with Gasteiger partial charge in [0.15, 0.2) is 6.29 Å². The van der Waals surface area contributed by atoms with Gasteiger partial charge >= 0.3 is 0 Å². The molecule has 7 nitrogen and oxygen atoms in total. The molecule has 41 heavy (non-hydrogen) atoms. The SMILES string of the molecule is C=CCCC(C(=O)NC)N(C)c1ccc(C2CCN(c3cc4ncc(CCC)cn4c3)CC2)c2cccc(C=O)c12. The van der Waals surface area contributed by atoms with Crippen molar-refractivity contribution in [2.45, 2.75) is 57.4 Å². The van der Waals surface area contributed by atoms with Crippen LogP contribution in [-0.4, -0.2) is 54.8 Å². The Bertz CT molecular complexity index is 1550. The molecular formula is C34H41N5O2. The second-order valence-electron chi connectivity index (χ2n) is 11.1. The van der Waals surface area contributed by atoms with E-state index in [0.717, 1.165) is 73.6 Å². The van der Waals surface area contributed by atoms with Crippen LogP contribution in [0.15, 0.2) is 67.6 Å². The standard InChI is InChI=1S/C34H41N5O2/c1-5-7-12-31(34(41)35-3)37(4)30-14-13-28(29-11-8-10-26(23-40)33(29)30)25-15-17-38(18-16-25)27-19-32-36-20-24(9-6-2)21-39(32)22-27/h5,8,10-11,13-14,19-23,25,31H,1,6-7,9,12,15-18H2,2-4H3,(H,35,41). The zero-order valence-corrected chi connectivity index (χ0v) is 24.5. The first-order valence-corrected chi connectivity index (χ1v) is 14.8. The maximum Gasteiger partial charge on any atom is 0.242 e. The number of amides is 1. The van der Waals surface area contributed by atoms with Gasteiger partial charge < -0.3 is 19.5 Å².